The molecule has 7 nitrogen and oxygen atoms in total. The van der Waals surface area contributed by atoms with E-state index < -0.39 is 5.97 Å². The molecule has 146 valence electrons. The van der Waals surface area contributed by atoms with E-state index in [0.29, 0.717) is 22.5 Å². The van der Waals surface area contributed by atoms with Crippen LogP contribution in [0.2, 0.25) is 0 Å². The topological polar surface area (TPSA) is 84.7 Å². The zero-order chi connectivity index (χ0) is 20.3. The van der Waals surface area contributed by atoms with Crippen molar-refractivity contribution in [2.45, 2.75) is 33.1 Å². The first-order valence-electron chi connectivity index (χ1n) is 9.11. The van der Waals surface area contributed by atoms with Crippen molar-refractivity contribution in [2.24, 2.45) is 0 Å². The third-order valence-corrected chi connectivity index (χ3v) is 4.28. The van der Waals surface area contributed by atoms with Gasteiger partial charge < -0.3 is 15.4 Å². The van der Waals surface area contributed by atoms with E-state index in [1.54, 1.807) is 29.8 Å². The molecule has 7 heteroatoms. The van der Waals surface area contributed by atoms with Crippen LogP contribution < -0.4 is 10.6 Å². The molecule has 0 bridgehead atoms. The Balaban J connectivity index is 1.72. The molecule has 0 saturated heterocycles. The molecule has 2 heterocycles. The van der Waals surface area contributed by atoms with Crippen molar-refractivity contribution in [1.82, 2.24) is 9.61 Å². The Morgan fingerprint density at radius 2 is 1.75 bits per heavy atom. The van der Waals surface area contributed by atoms with Crippen LogP contribution in [0.4, 0.5) is 16.2 Å². The summed E-state index contributed by atoms with van der Waals surface area (Å²) in [7, 11) is 0. The molecule has 0 spiro atoms. The molecule has 0 saturated carbocycles. The molecule has 28 heavy (non-hydrogen) atoms. The molecule has 0 radical (unpaired) electrons. The molecule has 0 unspecified atom stereocenters. The molecule has 0 aliphatic rings. The van der Waals surface area contributed by atoms with E-state index in [0.717, 1.165) is 0 Å². The Morgan fingerprint density at radius 1 is 1.07 bits per heavy atom. The number of aromatic nitrogens is 2. The van der Waals surface area contributed by atoms with Crippen LogP contribution in [0.3, 0.4) is 0 Å². The van der Waals surface area contributed by atoms with Crippen molar-refractivity contribution in [1.29, 1.82) is 0 Å². The molecule has 0 atom stereocenters. The fraction of sp³-hybridized carbons (Fsp3) is 0.286. The highest BCUT2D eigenvalue weighted by molar-refractivity contribution is 6.01. The van der Waals surface area contributed by atoms with Crippen molar-refractivity contribution in [3.8, 4) is 0 Å². The summed E-state index contributed by atoms with van der Waals surface area (Å²) in [5, 5.41) is 9.70. The Bertz CT molecular complexity index is 1000. The summed E-state index contributed by atoms with van der Waals surface area (Å²) in [5.74, 6) is -0.446. The highest BCUT2D eigenvalue weighted by Gasteiger charge is 2.15. The van der Waals surface area contributed by atoms with Crippen LogP contribution in [0.1, 0.15) is 43.6 Å². The SMILES string of the molecule is CCOC(=O)c1cnn2ccc(NC(=O)Nc3ccc(C(C)(C)C)cc3)cc12. The van der Waals surface area contributed by atoms with Gasteiger partial charge in [-0.3, -0.25) is 0 Å². The molecule has 3 rings (SSSR count). The first-order chi connectivity index (χ1) is 13.3. The number of pyridine rings is 1. The fourth-order valence-corrected chi connectivity index (χ4v) is 2.77. The predicted octanol–water partition coefficient (Wildman–Crippen LogP) is 4.45. The van der Waals surface area contributed by atoms with Gasteiger partial charge in [-0.15, -0.1) is 0 Å². The van der Waals surface area contributed by atoms with Crippen LogP contribution in [-0.4, -0.2) is 28.2 Å². The second kappa shape index (κ2) is 7.72. The summed E-state index contributed by atoms with van der Waals surface area (Å²) in [6.07, 6.45) is 3.12. The number of carbonyl (C=O) groups is 2. The predicted molar refractivity (Wildman–Crippen MR) is 109 cm³/mol. The second-order valence-electron chi connectivity index (χ2n) is 7.43. The summed E-state index contributed by atoms with van der Waals surface area (Å²) in [5.41, 5.74) is 3.40. The second-order valence-corrected chi connectivity index (χ2v) is 7.43. The first kappa shape index (κ1) is 19.4. The number of benzene rings is 1. The quantitative estimate of drug-likeness (QED) is 0.655. The van der Waals surface area contributed by atoms with Crippen LogP contribution in [0, 0.1) is 0 Å². The Labute approximate surface area is 163 Å². The number of fused-ring (bicyclic) bond motifs is 1. The minimum absolute atomic E-state index is 0.0536. The van der Waals surface area contributed by atoms with Gasteiger partial charge in [0.1, 0.15) is 5.56 Å². The lowest BCUT2D eigenvalue weighted by atomic mass is 9.87. The number of rotatable bonds is 4. The number of amides is 2. The van der Waals surface area contributed by atoms with E-state index >= 15 is 0 Å². The molecular weight excluding hydrogens is 356 g/mol. The van der Waals surface area contributed by atoms with Crippen LogP contribution >= 0.6 is 0 Å². The largest absolute Gasteiger partial charge is 0.462 e. The summed E-state index contributed by atoms with van der Waals surface area (Å²) in [6, 6.07) is 10.8. The summed E-state index contributed by atoms with van der Waals surface area (Å²) in [6.45, 7) is 8.44. The maximum absolute atomic E-state index is 12.3. The van der Waals surface area contributed by atoms with Crippen molar-refractivity contribution < 1.29 is 14.3 Å². The van der Waals surface area contributed by atoms with E-state index in [9.17, 15) is 9.59 Å². The lowest BCUT2D eigenvalue weighted by Crippen LogP contribution is -2.19. The van der Waals surface area contributed by atoms with Crippen molar-refractivity contribution in [3.63, 3.8) is 0 Å². The molecule has 2 amide bonds. The number of nitrogens with zero attached hydrogens (tertiary/aromatic N) is 2. The third-order valence-electron chi connectivity index (χ3n) is 4.28. The average Bonchev–Trinajstić information content (AvgIpc) is 3.05. The van der Waals surface area contributed by atoms with E-state index in [4.69, 9.17) is 4.74 Å². The average molecular weight is 380 g/mol. The minimum atomic E-state index is -0.446. The van der Waals surface area contributed by atoms with Crippen molar-refractivity contribution in [2.75, 3.05) is 17.2 Å². The number of carbonyl (C=O) groups excluding carboxylic acids is 2. The number of ether oxygens (including phenoxy) is 1. The molecule has 1 aromatic carbocycles. The van der Waals surface area contributed by atoms with E-state index in [2.05, 4.69) is 36.5 Å². The van der Waals surface area contributed by atoms with Gasteiger partial charge in [0.25, 0.3) is 0 Å². The van der Waals surface area contributed by atoms with Crippen molar-refractivity contribution >= 4 is 28.9 Å². The molecule has 0 aliphatic heterocycles. The normalized spacial score (nSPS) is 11.3. The van der Waals surface area contributed by atoms with Crippen LogP contribution in [0.15, 0.2) is 48.8 Å². The highest BCUT2D eigenvalue weighted by atomic mass is 16.5. The first-order valence-corrected chi connectivity index (χ1v) is 9.11. The Hall–Kier alpha value is -3.35. The fourth-order valence-electron chi connectivity index (χ4n) is 2.77. The van der Waals surface area contributed by atoms with E-state index in [1.165, 1.54) is 11.8 Å². The molecule has 3 aromatic rings. The highest BCUT2D eigenvalue weighted by Crippen LogP contribution is 2.23. The summed E-state index contributed by atoms with van der Waals surface area (Å²) < 4.78 is 6.59. The summed E-state index contributed by atoms with van der Waals surface area (Å²) >= 11 is 0. The van der Waals surface area contributed by atoms with Crippen LogP contribution in [0.5, 0.6) is 0 Å². The van der Waals surface area contributed by atoms with Gasteiger partial charge >= 0.3 is 12.0 Å². The zero-order valence-electron chi connectivity index (χ0n) is 16.4. The lowest BCUT2D eigenvalue weighted by Gasteiger charge is -2.19. The number of anilines is 2. The van der Waals surface area contributed by atoms with Gasteiger partial charge in [-0.2, -0.15) is 5.10 Å². The van der Waals surface area contributed by atoms with Gasteiger partial charge in [-0.25, -0.2) is 14.1 Å². The smallest absolute Gasteiger partial charge is 0.341 e. The Kier molecular flexibility index (Phi) is 5.35. The molecule has 2 aromatic heterocycles. The van der Waals surface area contributed by atoms with Gasteiger partial charge in [-0.1, -0.05) is 32.9 Å². The maximum Gasteiger partial charge on any atom is 0.341 e. The monoisotopic (exact) mass is 380 g/mol. The van der Waals surface area contributed by atoms with Crippen LogP contribution in [-0.2, 0) is 10.2 Å². The van der Waals surface area contributed by atoms with E-state index in [1.807, 2.05) is 24.3 Å². The molecule has 0 fully saturated rings. The minimum Gasteiger partial charge on any atom is -0.462 e. The summed E-state index contributed by atoms with van der Waals surface area (Å²) in [4.78, 5) is 24.3. The number of hydrogen-bond donors (Lipinski definition) is 2. The third kappa shape index (κ3) is 4.31. The van der Waals surface area contributed by atoms with Crippen LogP contribution in [0.25, 0.3) is 5.52 Å². The molecule has 2 N–H and O–H groups in total. The van der Waals surface area contributed by atoms with Gasteiger partial charge in [0.2, 0.25) is 0 Å². The standard InChI is InChI=1S/C21H24N4O3/c1-5-28-19(26)17-13-22-25-11-10-16(12-18(17)25)24-20(27)23-15-8-6-14(7-9-15)21(2,3)4/h6-13H,5H2,1-4H3,(H2,23,24,27). The lowest BCUT2D eigenvalue weighted by molar-refractivity contribution is 0.0528. The van der Waals surface area contributed by atoms with Crippen molar-refractivity contribution in [3.05, 3.63) is 59.9 Å². The van der Waals surface area contributed by atoms with Gasteiger partial charge in [-0.05, 0) is 42.2 Å². The number of esters is 1. The van der Waals surface area contributed by atoms with Gasteiger partial charge in [0.15, 0.2) is 0 Å². The zero-order valence-corrected chi connectivity index (χ0v) is 16.4. The molecular formula is C21H24N4O3. The maximum atomic E-state index is 12.3. The van der Waals surface area contributed by atoms with Gasteiger partial charge in [0.05, 0.1) is 18.3 Å². The Morgan fingerprint density at radius 3 is 2.39 bits per heavy atom. The number of urea groups is 1. The van der Waals surface area contributed by atoms with Gasteiger partial charge in [0, 0.05) is 17.6 Å². The van der Waals surface area contributed by atoms with E-state index in [-0.39, 0.29) is 18.1 Å². The number of hydrogen-bond acceptors (Lipinski definition) is 4. The number of nitrogens with one attached hydrogen (secondary N) is 2. The molecule has 0 aliphatic carbocycles.